The monoisotopic (exact) mass is 351 g/mol. The minimum absolute atomic E-state index is 0.670. The van der Waals surface area contributed by atoms with Gasteiger partial charge in [-0.15, -0.1) is 0 Å². The number of hydrogen-bond acceptors (Lipinski definition) is 4. The van der Waals surface area contributed by atoms with E-state index in [1.54, 1.807) is 6.20 Å². The molecule has 0 saturated carbocycles. The van der Waals surface area contributed by atoms with Gasteiger partial charge in [-0.1, -0.05) is 6.42 Å². The summed E-state index contributed by atoms with van der Waals surface area (Å²) in [5.74, 6) is 0.971. The number of nitrogens with zero attached hydrogens (tertiary/aromatic N) is 4. The summed E-state index contributed by atoms with van der Waals surface area (Å²) < 4.78 is 2.18. The first kappa shape index (κ1) is 18.4. The molecule has 5 nitrogen and oxygen atoms in total. The number of piperidine rings is 1. The van der Waals surface area contributed by atoms with Crippen LogP contribution >= 0.6 is 0 Å². The van der Waals surface area contributed by atoms with Gasteiger partial charge in [0.1, 0.15) is 5.82 Å². The molecule has 1 saturated heterocycles. The number of nitrogens with two attached hydrogens (primary N) is 1. The van der Waals surface area contributed by atoms with Crippen molar-refractivity contribution < 1.29 is 0 Å². The third-order valence-corrected chi connectivity index (χ3v) is 5.23. The highest BCUT2D eigenvalue weighted by Crippen LogP contribution is 2.22. The van der Waals surface area contributed by atoms with Crippen molar-refractivity contribution in [3.63, 3.8) is 0 Å². The number of aliphatic imine (C=N–C) groups is 1. The molecule has 5 heteroatoms. The molecule has 1 aliphatic rings. The number of likely N-dealkylation sites (tertiary alicyclic amines) is 1. The maximum absolute atomic E-state index is 5.68. The summed E-state index contributed by atoms with van der Waals surface area (Å²) >= 11 is 0. The van der Waals surface area contributed by atoms with Crippen LogP contribution in [-0.2, 0) is 13.6 Å². The summed E-state index contributed by atoms with van der Waals surface area (Å²) in [7, 11) is 2.09. The van der Waals surface area contributed by atoms with Gasteiger partial charge in [-0.2, -0.15) is 0 Å². The van der Waals surface area contributed by atoms with Crippen LogP contribution in [0.4, 0.5) is 11.5 Å². The molecule has 3 heterocycles. The first-order chi connectivity index (χ1) is 12.5. The number of nitrogen functional groups attached to an aromatic ring is 1. The molecular weight excluding hydrogens is 322 g/mol. The smallest absolute Gasteiger partial charge is 0.132 e. The lowest BCUT2D eigenvalue weighted by Crippen LogP contribution is -2.37. The Morgan fingerprint density at radius 3 is 2.88 bits per heavy atom. The van der Waals surface area contributed by atoms with Crippen LogP contribution in [0.2, 0.25) is 0 Å². The number of anilines is 1. The minimum atomic E-state index is 0.670. The van der Waals surface area contributed by atoms with Gasteiger partial charge in [-0.05, 0) is 69.1 Å². The van der Waals surface area contributed by atoms with Gasteiger partial charge >= 0.3 is 0 Å². The average Bonchev–Trinajstić information content (AvgIpc) is 2.97. The summed E-state index contributed by atoms with van der Waals surface area (Å²) in [5, 5.41) is 0. The zero-order chi connectivity index (χ0) is 18.5. The fourth-order valence-corrected chi connectivity index (χ4v) is 3.38. The molecule has 2 N–H and O–H groups in total. The van der Waals surface area contributed by atoms with Crippen molar-refractivity contribution in [2.75, 3.05) is 12.3 Å². The Hall–Kier alpha value is -2.40. The third-order valence-electron chi connectivity index (χ3n) is 5.23. The van der Waals surface area contributed by atoms with Crippen molar-refractivity contribution in [1.29, 1.82) is 0 Å². The molecule has 1 unspecified atom stereocenters. The molecule has 26 heavy (non-hydrogen) atoms. The van der Waals surface area contributed by atoms with E-state index >= 15 is 0 Å². The van der Waals surface area contributed by atoms with Crippen molar-refractivity contribution >= 4 is 23.3 Å². The van der Waals surface area contributed by atoms with Gasteiger partial charge in [-0.3, -0.25) is 9.88 Å². The normalized spacial score (nSPS) is 19.3. The molecular formula is C21H29N5. The van der Waals surface area contributed by atoms with Crippen molar-refractivity contribution in [3.8, 4) is 0 Å². The molecule has 0 amide bonds. The van der Waals surface area contributed by atoms with E-state index in [9.17, 15) is 0 Å². The molecule has 1 fully saturated rings. The van der Waals surface area contributed by atoms with Crippen LogP contribution in [-0.4, -0.2) is 33.3 Å². The van der Waals surface area contributed by atoms with Gasteiger partial charge in [0.2, 0.25) is 0 Å². The van der Waals surface area contributed by atoms with E-state index in [0.29, 0.717) is 11.7 Å². The van der Waals surface area contributed by atoms with Crippen LogP contribution in [0.1, 0.15) is 44.5 Å². The number of allylic oxidation sites excluding steroid dienone is 2. The molecule has 2 aromatic rings. The van der Waals surface area contributed by atoms with Crippen LogP contribution in [0, 0.1) is 0 Å². The number of hydrogen-bond donors (Lipinski definition) is 1. The highest BCUT2D eigenvalue weighted by atomic mass is 15.2. The summed E-state index contributed by atoms with van der Waals surface area (Å²) in [5.41, 5.74) is 9.65. The van der Waals surface area contributed by atoms with Crippen LogP contribution in [0.5, 0.6) is 0 Å². The van der Waals surface area contributed by atoms with Crippen LogP contribution < -0.4 is 5.73 Å². The summed E-state index contributed by atoms with van der Waals surface area (Å²) in [6, 6.07) is 8.73. The first-order valence-electron chi connectivity index (χ1n) is 9.36. The SMILES string of the molecule is C/C(=C\C=N/c1ccc(CN2CCCCC2C)n1C)c1ccc(N)cn1. The van der Waals surface area contributed by atoms with Crippen molar-refractivity contribution in [2.45, 2.75) is 45.7 Å². The van der Waals surface area contributed by atoms with E-state index in [4.69, 9.17) is 5.73 Å². The second-order valence-corrected chi connectivity index (χ2v) is 7.16. The van der Waals surface area contributed by atoms with E-state index in [1.165, 1.54) is 31.5 Å². The topological polar surface area (TPSA) is 59.4 Å². The second-order valence-electron chi connectivity index (χ2n) is 7.16. The van der Waals surface area contributed by atoms with Crippen LogP contribution in [0.15, 0.2) is 41.5 Å². The Morgan fingerprint density at radius 1 is 1.31 bits per heavy atom. The molecule has 0 radical (unpaired) electrons. The van der Waals surface area contributed by atoms with E-state index < -0.39 is 0 Å². The fourth-order valence-electron chi connectivity index (χ4n) is 3.38. The molecule has 0 aliphatic carbocycles. The van der Waals surface area contributed by atoms with Crippen molar-refractivity contribution in [3.05, 3.63) is 47.9 Å². The number of pyridine rings is 1. The fraction of sp³-hybridized carbons (Fsp3) is 0.429. The van der Waals surface area contributed by atoms with Crippen molar-refractivity contribution in [1.82, 2.24) is 14.5 Å². The molecule has 0 bridgehead atoms. The molecule has 0 aromatic carbocycles. The van der Waals surface area contributed by atoms with Crippen LogP contribution in [0.25, 0.3) is 5.57 Å². The van der Waals surface area contributed by atoms with Gasteiger partial charge in [-0.25, -0.2) is 4.99 Å². The molecule has 3 rings (SSSR count). The van der Waals surface area contributed by atoms with E-state index in [1.807, 2.05) is 31.3 Å². The molecule has 138 valence electrons. The molecule has 2 aromatic heterocycles. The van der Waals surface area contributed by atoms with Gasteiger partial charge in [0, 0.05) is 31.5 Å². The summed E-state index contributed by atoms with van der Waals surface area (Å²) in [4.78, 5) is 11.5. The highest BCUT2D eigenvalue weighted by Gasteiger charge is 2.19. The van der Waals surface area contributed by atoms with E-state index in [2.05, 4.69) is 45.5 Å². The standard InChI is InChI=1S/C21H29N5/c1-16(20-9-7-18(22)14-24-20)11-12-23-21-10-8-19(25(21)3)15-26-13-5-4-6-17(26)2/h7-12,14,17H,4-6,13,15,22H2,1-3H3/b16-11+,23-12-. The predicted molar refractivity (Wildman–Crippen MR) is 110 cm³/mol. The van der Waals surface area contributed by atoms with Crippen molar-refractivity contribution in [2.24, 2.45) is 12.0 Å². The Morgan fingerprint density at radius 2 is 2.15 bits per heavy atom. The zero-order valence-corrected chi connectivity index (χ0v) is 16.0. The maximum Gasteiger partial charge on any atom is 0.132 e. The lowest BCUT2D eigenvalue weighted by Gasteiger charge is -2.33. The van der Waals surface area contributed by atoms with Crippen LogP contribution in [0.3, 0.4) is 0 Å². The zero-order valence-electron chi connectivity index (χ0n) is 16.0. The molecule has 1 aliphatic heterocycles. The highest BCUT2D eigenvalue weighted by molar-refractivity contribution is 5.84. The van der Waals surface area contributed by atoms with Gasteiger partial charge in [0.15, 0.2) is 0 Å². The third kappa shape index (κ3) is 4.41. The van der Waals surface area contributed by atoms with Gasteiger partial charge in [0.05, 0.1) is 17.6 Å². The largest absolute Gasteiger partial charge is 0.397 e. The number of rotatable bonds is 5. The molecule has 0 spiro atoms. The van der Waals surface area contributed by atoms with Gasteiger partial charge in [0.25, 0.3) is 0 Å². The lowest BCUT2D eigenvalue weighted by atomic mass is 10.0. The first-order valence-corrected chi connectivity index (χ1v) is 9.36. The Balaban J connectivity index is 1.66. The summed E-state index contributed by atoms with van der Waals surface area (Å²) in [6.45, 7) is 6.55. The maximum atomic E-state index is 5.68. The quantitative estimate of drug-likeness (QED) is 0.822. The Kier molecular flexibility index (Phi) is 5.89. The number of aromatic nitrogens is 2. The Bertz CT molecular complexity index is 785. The average molecular weight is 351 g/mol. The van der Waals surface area contributed by atoms with E-state index in [0.717, 1.165) is 23.6 Å². The second kappa shape index (κ2) is 8.32. The molecule has 1 atom stereocenters. The summed E-state index contributed by atoms with van der Waals surface area (Å²) in [6.07, 6.45) is 9.47. The lowest BCUT2D eigenvalue weighted by molar-refractivity contribution is 0.149. The minimum Gasteiger partial charge on any atom is -0.397 e. The Labute approximate surface area is 156 Å². The predicted octanol–water partition coefficient (Wildman–Crippen LogP) is 4.18. The van der Waals surface area contributed by atoms with Gasteiger partial charge < -0.3 is 10.3 Å². The van der Waals surface area contributed by atoms with E-state index in [-0.39, 0.29) is 0 Å².